The number of nitrogens with zero attached hydrogens (tertiary/aromatic N) is 5. The minimum absolute atomic E-state index is 0.409. The maximum absolute atomic E-state index is 11.2. The standard InChI is InChI=1S/C10H6O2.HN3.N3/c11-9-6-5-7-3-1-2-4-8(7)10(9)12;2*1-3-2/h1-6H;1H;/q;;-1. The number of carbonyl (C=O) groups is 2. The Labute approximate surface area is 101 Å². The van der Waals surface area contributed by atoms with Gasteiger partial charge in [0.25, 0.3) is 0 Å². The van der Waals surface area contributed by atoms with Crippen LogP contribution < -0.4 is 0 Å². The van der Waals surface area contributed by atoms with Crippen LogP contribution in [0, 0.1) is 5.53 Å². The zero-order chi connectivity index (χ0) is 14.0. The third-order valence-electron chi connectivity index (χ3n) is 1.84. The highest BCUT2D eigenvalue weighted by atomic mass is 16.2. The van der Waals surface area contributed by atoms with Gasteiger partial charge >= 0.3 is 0 Å². The lowest BCUT2D eigenvalue weighted by molar-refractivity contribution is -0.110. The number of allylic oxidation sites excluding steroid dienone is 1. The van der Waals surface area contributed by atoms with Crippen molar-refractivity contribution in [2.24, 2.45) is 0 Å². The van der Waals surface area contributed by atoms with Crippen LogP contribution >= 0.6 is 0 Å². The van der Waals surface area contributed by atoms with E-state index in [0.29, 0.717) is 5.56 Å². The molecule has 1 aliphatic carbocycles. The molecule has 0 fully saturated rings. The molecule has 0 amide bonds. The van der Waals surface area contributed by atoms with Crippen LogP contribution in [0.2, 0.25) is 0 Å². The summed E-state index contributed by atoms with van der Waals surface area (Å²) in [7, 11) is 0. The average Bonchev–Trinajstić information content (AvgIpc) is 2.36. The van der Waals surface area contributed by atoms with Crippen molar-refractivity contribution >= 4 is 17.6 Å². The van der Waals surface area contributed by atoms with E-state index in [1.807, 2.05) is 12.1 Å². The lowest BCUT2D eigenvalue weighted by Crippen LogP contribution is -2.15. The van der Waals surface area contributed by atoms with Gasteiger partial charge in [-0.2, -0.15) is 0 Å². The monoisotopic (exact) mass is 243 g/mol. The van der Waals surface area contributed by atoms with Gasteiger partial charge in [-0.15, -0.1) is 5.53 Å². The Hall–Kier alpha value is -3.08. The zero-order valence-electron chi connectivity index (χ0n) is 9.02. The predicted octanol–water partition coefficient (Wildman–Crippen LogP) is 3.21. The van der Waals surface area contributed by atoms with Crippen molar-refractivity contribution in [3.63, 3.8) is 0 Å². The van der Waals surface area contributed by atoms with Gasteiger partial charge in [-0.1, -0.05) is 30.3 Å². The van der Waals surface area contributed by atoms with E-state index in [-0.39, 0.29) is 0 Å². The Morgan fingerprint density at radius 1 is 1.00 bits per heavy atom. The van der Waals surface area contributed by atoms with Crippen LogP contribution in [-0.2, 0) is 4.79 Å². The Morgan fingerprint density at radius 3 is 2.06 bits per heavy atom. The molecule has 0 spiro atoms. The Morgan fingerprint density at radius 2 is 1.50 bits per heavy atom. The highest BCUT2D eigenvalue weighted by molar-refractivity contribution is 6.49. The van der Waals surface area contributed by atoms with Crippen molar-refractivity contribution in [3.05, 3.63) is 67.9 Å². The fourth-order valence-corrected chi connectivity index (χ4v) is 1.22. The fourth-order valence-electron chi connectivity index (χ4n) is 1.22. The molecule has 1 aromatic rings. The van der Waals surface area contributed by atoms with E-state index >= 15 is 0 Å². The third kappa shape index (κ3) is 4.19. The molecule has 0 unspecified atom stereocenters. The Kier molecular flexibility index (Phi) is 6.73. The normalized spacial score (nSPS) is 10.7. The maximum atomic E-state index is 11.2. The highest BCUT2D eigenvalue weighted by Gasteiger charge is 2.19. The minimum Gasteiger partial charge on any atom is -0.373 e. The van der Waals surface area contributed by atoms with Crippen LogP contribution in [0.3, 0.4) is 0 Å². The largest absolute Gasteiger partial charge is 0.373 e. The summed E-state index contributed by atoms with van der Waals surface area (Å²) in [4.78, 5) is 25.4. The Bertz CT molecular complexity index is 539. The van der Waals surface area contributed by atoms with E-state index < -0.39 is 11.6 Å². The second kappa shape index (κ2) is 8.12. The third-order valence-corrected chi connectivity index (χ3v) is 1.84. The van der Waals surface area contributed by atoms with E-state index in [0.717, 1.165) is 5.56 Å². The molecule has 1 N–H and O–H groups in total. The lowest BCUT2D eigenvalue weighted by atomic mass is 9.96. The molecular weight excluding hydrogens is 236 g/mol. The molecule has 90 valence electrons. The number of fused-ring (bicyclic) bond motifs is 1. The molecule has 0 aromatic heterocycles. The van der Waals surface area contributed by atoms with Crippen molar-refractivity contribution in [1.29, 1.82) is 5.53 Å². The molecule has 2 rings (SSSR count). The summed E-state index contributed by atoms with van der Waals surface area (Å²) < 4.78 is 0. The van der Waals surface area contributed by atoms with Gasteiger partial charge in [-0.3, -0.25) is 14.5 Å². The van der Waals surface area contributed by atoms with E-state index in [1.54, 1.807) is 23.1 Å². The quantitative estimate of drug-likeness (QED) is 0.321. The number of nitrogens with one attached hydrogen (secondary N) is 1. The maximum Gasteiger partial charge on any atom is 0.233 e. The summed E-state index contributed by atoms with van der Waals surface area (Å²) in [6, 6.07) is 7.07. The first kappa shape index (κ1) is 14.9. The van der Waals surface area contributed by atoms with Gasteiger partial charge in [-0.05, 0) is 22.1 Å². The summed E-state index contributed by atoms with van der Waals surface area (Å²) >= 11 is 0. The average molecular weight is 243 g/mol. The number of ketones is 2. The minimum atomic E-state index is -0.436. The molecule has 0 radical (unpaired) electrons. The molecule has 0 saturated heterocycles. The first-order valence-corrected chi connectivity index (χ1v) is 4.47. The Balaban J connectivity index is 0.000000414. The number of benzene rings is 1. The van der Waals surface area contributed by atoms with Gasteiger partial charge < -0.3 is 11.1 Å². The SMILES string of the molecule is O=C1C=Cc2ccccc2C1=O.[N-]=[N+]=N.[N-]=[N+]=[N-]. The van der Waals surface area contributed by atoms with E-state index in [9.17, 15) is 9.59 Å². The van der Waals surface area contributed by atoms with Crippen LogP contribution in [0.25, 0.3) is 32.5 Å². The zero-order valence-corrected chi connectivity index (χ0v) is 9.02. The van der Waals surface area contributed by atoms with Gasteiger partial charge in [0.1, 0.15) is 0 Å². The van der Waals surface area contributed by atoms with Gasteiger partial charge in [0.2, 0.25) is 11.6 Å². The van der Waals surface area contributed by atoms with Crippen LogP contribution in [0.4, 0.5) is 0 Å². The molecule has 0 atom stereocenters. The first-order valence-electron chi connectivity index (χ1n) is 4.47. The number of carbonyl (C=O) groups excluding carboxylic acids is 2. The molecule has 0 saturated carbocycles. The topological polar surface area (TPSA) is 153 Å². The number of hydrogen-bond acceptors (Lipinski definition) is 3. The molecule has 18 heavy (non-hydrogen) atoms. The molecule has 0 bridgehead atoms. The molecule has 1 aliphatic rings. The summed E-state index contributed by atoms with van der Waals surface area (Å²) in [5.74, 6) is -0.846. The number of Topliss-reactive ketones (excluding diaryl/α,β-unsaturated/α-hetero) is 1. The number of rotatable bonds is 0. The van der Waals surface area contributed by atoms with Gasteiger partial charge in [0.15, 0.2) is 0 Å². The molecule has 8 nitrogen and oxygen atoms in total. The van der Waals surface area contributed by atoms with Gasteiger partial charge in [0.05, 0.1) is 0 Å². The fraction of sp³-hybridized carbons (Fsp3) is 0. The molecular formula is C10H7N6O2-. The van der Waals surface area contributed by atoms with Crippen LogP contribution in [-0.4, -0.2) is 11.6 Å². The summed E-state index contributed by atoms with van der Waals surface area (Å²) in [6.45, 7) is 0. The molecule has 8 heteroatoms. The van der Waals surface area contributed by atoms with E-state index in [2.05, 4.69) is 0 Å². The second-order valence-electron chi connectivity index (χ2n) is 2.80. The molecule has 0 aliphatic heterocycles. The van der Waals surface area contributed by atoms with E-state index in [4.69, 9.17) is 22.1 Å². The van der Waals surface area contributed by atoms with Crippen molar-refractivity contribution in [1.82, 2.24) is 0 Å². The van der Waals surface area contributed by atoms with Crippen molar-refractivity contribution < 1.29 is 9.59 Å². The second-order valence-corrected chi connectivity index (χ2v) is 2.80. The molecule has 0 heterocycles. The number of hydrogen-bond donors (Lipinski definition) is 1. The van der Waals surface area contributed by atoms with Crippen molar-refractivity contribution in [2.45, 2.75) is 0 Å². The first-order chi connectivity index (χ1) is 8.62. The summed E-state index contributed by atoms with van der Waals surface area (Å²) in [6.07, 6.45) is 2.98. The molecule has 1 aromatic carbocycles. The smallest absolute Gasteiger partial charge is 0.233 e. The summed E-state index contributed by atoms with van der Waals surface area (Å²) in [5, 5.41) is 0. The predicted molar refractivity (Wildman–Crippen MR) is 64.3 cm³/mol. The van der Waals surface area contributed by atoms with Crippen LogP contribution in [0.15, 0.2) is 30.3 Å². The lowest BCUT2D eigenvalue weighted by Gasteiger charge is -2.06. The van der Waals surface area contributed by atoms with Gasteiger partial charge in [0, 0.05) is 5.56 Å². The highest BCUT2D eigenvalue weighted by Crippen LogP contribution is 2.16. The van der Waals surface area contributed by atoms with E-state index in [1.165, 1.54) is 11.0 Å². The van der Waals surface area contributed by atoms with Crippen molar-refractivity contribution in [2.75, 3.05) is 0 Å². The van der Waals surface area contributed by atoms with Gasteiger partial charge in [-0.25, -0.2) is 0 Å². The van der Waals surface area contributed by atoms with Crippen LogP contribution in [0.5, 0.6) is 0 Å². The van der Waals surface area contributed by atoms with Crippen molar-refractivity contribution in [3.8, 4) is 0 Å². The summed E-state index contributed by atoms with van der Waals surface area (Å²) in [5.41, 5.74) is 27.1. The van der Waals surface area contributed by atoms with Crippen LogP contribution in [0.1, 0.15) is 15.9 Å².